The van der Waals surface area contributed by atoms with Crippen molar-refractivity contribution in [2.24, 2.45) is 0 Å². The average Bonchev–Trinajstić information content (AvgIpc) is 2.67. The number of carbonyl (C=O) groups excluding carboxylic acids is 1. The first-order valence-electron chi connectivity index (χ1n) is 5.94. The lowest BCUT2D eigenvalue weighted by atomic mass is 9.78. The van der Waals surface area contributed by atoms with Crippen molar-refractivity contribution in [2.75, 3.05) is 5.06 Å². The van der Waals surface area contributed by atoms with Crippen LogP contribution in [0.25, 0.3) is 0 Å². The minimum absolute atomic E-state index is 0.0129. The molecule has 3 rings (SSSR count). The van der Waals surface area contributed by atoms with Crippen molar-refractivity contribution >= 4 is 11.6 Å². The first kappa shape index (κ1) is 10.7. The van der Waals surface area contributed by atoms with Crippen molar-refractivity contribution in [1.82, 2.24) is 0 Å². The molecule has 0 bridgehead atoms. The minimum atomic E-state index is -0.216. The third kappa shape index (κ3) is 1.73. The number of benzene rings is 1. The van der Waals surface area contributed by atoms with E-state index in [9.17, 15) is 4.79 Å². The van der Waals surface area contributed by atoms with Gasteiger partial charge in [-0.1, -0.05) is 12.1 Å². The molecular formula is C13H15NO3. The number of nitrogens with zero attached hydrogens (tertiary/aromatic N) is 1. The van der Waals surface area contributed by atoms with Crippen molar-refractivity contribution < 1.29 is 14.7 Å². The summed E-state index contributed by atoms with van der Waals surface area (Å²) in [5, 5.41) is 10.4. The molecule has 4 nitrogen and oxygen atoms in total. The largest absolute Gasteiger partial charge is 0.392 e. The third-order valence-corrected chi connectivity index (χ3v) is 3.60. The topological polar surface area (TPSA) is 49.8 Å². The van der Waals surface area contributed by atoms with Gasteiger partial charge in [0.05, 0.1) is 18.7 Å². The summed E-state index contributed by atoms with van der Waals surface area (Å²) in [6, 6.07) is 7.22. The molecule has 4 heteroatoms. The summed E-state index contributed by atoms with van der Waals surface area (Å²) >= 11 is 0. The van der Waals surface area contributed by atoms with E-state index in [0.717, 1.165) is 30.5 Å². The highest BCUT2D eigenvalue weighted by Crippen LogP contribution is 2.44. The monoisotopic (exact) mass is 233 g/mol. The molecule has 1 amide bonds. The van der Waals surface area contributed by atoms with Crippen LogP contribution in [0.4, 0.5) is 5.69 Å². The summed E-state index contributed by atoms with van der Waals surface area (Å²) in [7, 11) is 0. The van der Waals surface area contributed by atoms with Crippen molar-refractivity contribution in [3.63, 3.8) is 0 Å². The zero-order valence-electron chi connectivity index (χ0n) is 9.56. The molecule has 0 unspecified atom stereocenters. The number of hydrogen-bond donors (Lipinski definition) is 1. The summed E-state index contributed by atoms with van der Waals surface area (Å²) in [5.41, 5.74) is 1.36. The van der Waals surface area contributed by atoms with Gasteiger partial charge in [0, 0.05) is 0 Å². The Bertz CT molecular complexity index is 436. The summed E-state index contributed by atoms with van der Waals surface area (Å²) in [6.07, 6.45) is 3.59. The molecule has 1 aliphatic carbocycles. The van der Waals surface area contributed by atoms with Crippen LogP contribution < -0.4 is 5.06 Å². The van der Waals surface area contributed by atoms with Gasteiger partial charge in [0.2, 0.25) is 0 Å². The van der Waals surface area contributed by atoms with Crippen molar-refractivity contribution in [3.8, 4) is 0 Å². The van der Waals surface area contributed by atoms with Crippen LogP contribution in [-0.4, -0.2) is 16.6 Å². The molecule has 1 heterocycles. The van der Waals surface area contributed by atoms with Gasteiger partial charge in [0.25, 0.3) is 5.91 Å². The Balaban J connectivity index is 1.81. The molecule has 1 aliphatic heterocycles. The molecule has 1 aromatic carbocycles. The number of aliphatic hydroxyl groups is 1. The first-order chi connectivity index (χ1) is 8.22. The van der Waals surface area contributed by atoms with E-state index < -0.39 is 0 Å². The van der Waals surface area contributed by atoms with Crippen LogP contribution in [0.15, 0.2) is 24.3 Å². The Morgan fingerprint density at radius 2 is 2.00 bits per heavy atom. The Labute approximate surface area is 99.8 Å². The molecule has 2 fully saturated rings. The fraction of sp³-hybridized carbons (Fsp3) is 0.462. The number of aliphatic hydroxyl groups excluding tert-OH is 1. The molecule has 2 aliphatic rings. The van der Waals surface area contributed by atoms with E-state index in [4.69, 9.17) is 9.94 Å². The van der Waals surface area contributed by atoms with Crippen LogP contribution in [0.1, 0.15) is 31.2 Å². The van der Waals surface area contributed by atoms with Gasteiger partial charge < -0.3 is 5.11 Å². The molecule has 90 valence electrons. The van der Waals surface area contributed by atoms with Crippen molar-refractivity contribution in [3.05, 3.63) is 29.8 Å². The van der Waals surface area contributed by atoms with Gasteiger partial charge in [-0.05, 0) is 37.0 Å². The maximum atomic E-state index is 11.9. The van der Waals surface area contributed by atoms with Crippen LogP contribution in [0.2, 0.25) is 0 Å². The smallest absolute Gasteiger partial charge is 0.253 e. The van der Waals surface area contributed by atoms with Gasteiger partial charge in [-0.15, -0.1) is 0 Å². The molecule has 1 spiro atoms. The molecular weight excluding hydrogens is 218 g/mol. The summed E-state index contributed by atoms with van der Waals surface area (Å²) in [6.45, 7) is 0.0129. The summed E-state index contributed by atoms with van der Waals surface area (Å²) < 4.78 is 0. The predicted octanol–water partition coefficient (Wildman–Crippen LogP) is 1.77. The normalized spacial score (nSPS) is 21.9. The maximum absolute atomic E-state index is 11.9. The van der Waals surface area contributed by atoms with Gasteiger partial charge in [-0.25, -0.2) is 0 Å². The second-order valence-electron chi connectivity index (χ2n) is 4.82. The standard InChI is InChI=1S/C13H15NO3/c15-9-10-2-4-11(5-3-10)14-12(16)8-13(17-14)6-1-7-13/h2-5,15H,1,6-9H2. The number of rotatable bonds is 2. The van der Waals surface area contributed by atoms with E-state index in [0.29, 0.717) is 6.42 Å². The second kappa shape index (κ2) is 3.82. The quantitative estimate of drug-likeness (QED) is 0.847. The summed E-state index contributed by atoms with van der Waals surface area (Å²) in [5.74, 6) is 0.0291. The number of anilines is 1. The highest BCUT2D eigenvalue weighted by molar-refractivity contribution is 5.94. The molecule has 0 aromatic heterocycles. The Kier molecular flexibility index (Phi) is 2.42. The SMILES string of the molecule is O=C1CC2(CCC2)ON1c1ccc(CO)cc1. The van der Waals surface area contributed by atoms with E-state index in [2.05, 4.69) is 0 Å². The van der Waals surface area contributed by atoms with Gasteiger partial charge in [0.1, 0.15) is 5.60 Å². The zero-order valence-corrected chi connectivity index (χ0v) is 9.56. The minimum Gasteiger partial charge on any atom is -0.392 e. The number of hydroxylamine groups is 1. The zero-order chi connectivity index (χ0) is 11.9. The Morgan fingerprint density at radius 3 is 2.47 bits per heavy atom. The average molecular weight is 233 g/mol. The van der Waals surface area contributed by atoms with E-state index in [1.165, 1.54) is 5.06 Å². The molecule has 17 heavy (non-hydrogen) atoms. The number of amides is 1. The van der Waals surface area contributed by atoms with Gasteiger partial charge in [0.15, 0.2) is 0 Å². The van der Waals surface area contributed by atoms with Crippen LogP contribution >= 0.6 is 0 Å². The molecule has 1 saturated carbocycles. The predicted molar refractivity (Wildman–Crippen MR) is 62.1 cm³/mol. The molecule has 1 saturated heterocycles. The van der Waals surface area contributed by atoms with Crippen LogP contribution in [-0.2, 0) is 16.2 Å². The third-order valence-electron chi connectivity index (χ3n) is 3.60. The highest BCUT2D eigenvalue weighted by Gasteiger charge is 2.49. The van der Waals surface area contributed by atoms with E-state index >= 15 is 0 Å². The van der Waals surface area contributed by atoms with E-state index in [-0.39, 0.29) is 18.1 Å². The number of hydrogen-bond acceptors (Lipinski definition) is 3. The maximum Gasteiger partial charge on any atom is 0.253 e. The highest BCUT2D eigenvalue weighted by atomic mass is 16.7. The van der Waals surface area contributed by atoms with Gasteiger partial charge in [-0.3, -0.25) is 9.63 Å². The van der Waals surface area contributed by atoms with Gasteiger partial charge >= 0.3 is 0 Å². The molecule has 0 atom stereocenters. The summed E-state index contributed by atoms with van der Waals surface area (Å²) in [4.78, 5) is 17.7. The van der Waals surface area contributed by atoms with Crippen LogP contribution in [0.5, 0.6) is 0 Å². The fourth-order valence-corrected chi connectivity index (χ4v) is 2.40. The fourth-order valence-electron chi connectivity index (χ4n) is 2.40. The second-order valence-corrected chi connectivity index (χ2v) is 4.82. The van der Waals surface area contributed by atoms with Crippen LogP contribution in [0.3, 0.4) is 0 Å². The lowest BCUT2D eigenvalue weighted by Crippen LogP contribution is -2.37. The number of carbonyl (C=O) groups is 1. The van der Waals surface area contributed by atoms with E-state index in [1.54, 1.807) is 24.3 Å². The molecule has 0 radical (unpaired) electrons. The molecule has 1 N–H and O–H groups in total. The van der Waals surface area contributed by atoms with Crippen molar-refractivity contribution in [2.45, 2.75) is 37.9 Å². The van der Waals surface area contributed by atoms with Crippen molar-refractivity contribution in [1.29, 1.82) is 0 Å². The Hall–Kier alpha value is -1.39. The molecule has 1 aromatic rings. The van der Waals surface area contributed by atoms with E-state index in [1.807, 2.05) is 0 Å². The lowest BCUT2D eigenvalue weighted by Gasteiger charge is -2.35. The lowest BCUT2D eigenvalue weighted by molar-refractivity contribution is -0.120. The first-order valence-corrected chi connectivity index (χ1v) is 5.94. The van der Waals surface area contributed by atoms with Gasteiger partial charge in [-0.2, -0.15) is 5.06 Å². The van der Waals surface area contributed by atoms with Crippen LogP contribution in [0, 0.1) is 0 Å². The Morgan fingerprint density at radius 1 is 1.29 bits per heavy atom.